The number of nitrogens with zero attached hydrogens (tertiary/aromatic N) is 5. The number of benzene rings is 1. The maximum absolute atomic E-state index is 4.15. The number of thioether (sulfide) groups is 1. The minimum absolute atomic E-state index is 0.822. The Morgan fingerprint density at radius 2 is 1.91 bits per heavy atom. The molecule has 2 heterocycles. The molecule has 3 rings (SSSR count). The van der Waals surface area contributed by atoms with Crippen LogP contribution in [0.1, 0.15) is 16.7 Å². The molecule has 0 bridgehead atoms. The van der Waals surface area contributed by atoms with Crippen molar-refractivity contribution in [2.75, 3.05) is 5.75 Å². The zero-order valence-electron chi connectivity index (χ0n) is 12.6. The normalized spacial score (nSPS) is 10.8. The molecule has 0 N–H and O–H groups in total. The van der Waals surface area contributed by atoms with E-state index in [4.69, 9.17) is 0 Å². The highest BCUT2D eigenvalue weighted by Crippen LogP contribution is 2.22. The molecule has 112 valence electrons. The summed E-state index contributed by atoms with van der Waals surface area (Å²) in [5.74, 6) is 0.926. The van der Waals surface area contributed by atoms with Crippen LogP contribution in [0.25, 0.3) is 5.69 Å². The van der Waals surface area contributed by atoms with Crippen LogP contribution in [0.3, 0.4) is 0 Å². The lowest BCUT2D eigenvalue weighted by atomic mass is 10.1. The van der Waals surface area contributed by atoms with E-state index in [2.05, 4.69) is 40.4 Å². The molecule has 2 aromatic heterocycles. The Bertz CT molecular complexity index is 754. The number of hydrogen-bond donors (Lipinski definition) is 0. The summed E-state index contributed by atoms with van der Waals surface area (Å²) < 4.78 is 1.82. The summed E-state index contributed by atoms with van der Waals surface area (Å²) in [4.78, 5) is 4.03. The zero-order valence-corrected chi connectivity index (χ0v) is 13.4. The molecule has 0 saturated heterocycles. The monoisotopic (exact) mass is 311 g/mol. The molecule has 3 aromatic rings. The van der Waals surface area contributed by atoms with E-state index < -0.39 is 0 Å². The molecular weight excluding hydrogens is 294 g/mol. The summed E-state index contributed by atoms with van der Waals surface area (Å²) >= 11 is 1.66. The van der Waals surface area contributed by atoms with Gasteiger partial charge in [0.15, 0.2) is 0 Å². The molecule has 0 unspecified atom stereocenters. The number of rotatable bonds is 5. The van der Waals surface area contributed by atoms with Gasteiger partial charge in [0.1, 0.15) is 0 Å². The van der Waals surface area contributed by atoms with Crippen LogP contribution in [0.5, 0.6) is 0 Å². The fraction of sp³-hybridized carbons (Fsp3) is 0.250. The second kappa shape index (κ2) is 6.70. The second-order valence-corrected chi connectivity index (χ2v) is 6.11. The fourth-order valence-corrected chi connectivity index (χ4v) is 3.07. The van der Waals surface area contributed by atoms with E-state index in [1.807, 2.05) is 41.3 Å². The van der Waals surface area contributed by atoms with Crippen LogP contribution in [-0.2, 0) is 6.42 Å². The Kier molecular flexibility index (Phi) is 4.48. The third-order valence-electron chi connectivity index (χ3n) is 3.62. The van der Waals surface area contributed by atoms with Crippen molar-refractivity contribution in [2.24, 2.45) is 0 Å². The predicted molar refractivity (Wildman–Crippen MR) is 87.3 cm³/mol. The first-order valence-electron chi connectivity index (χ1n) is 7.12. The molecular formula is C16H17N5S. The highest BCUT2D eigenvalue weighted by Gasteiger charge is 2.11. The van der Waals surface area contributed by atoms with Gasteiger partial charge in [-0.15, -0.1) is 5.10 Å². The van der Waals surface area contributed by atoms with Crippen molar-refractivity contribution in [2.45, 2.75) is 25.4 Å². The number of hydrogen-bond acceptors (Lipinski definition) is 5. The van der Waals surface area contributed by atoms with Crippen molar-refractivity contribution in [1.82, 2.24) is 25.2 Å². The molecule has 0 amide bonds. The SMILES string of the molecule is Cc1cccc(-n2nnnc2SCCc2ccncc2)c1C. The maximum Gasteiger partial charge on any atom is 0.214 e. The molecule has 22 heavy (non-hydrogen) atoms. The van der Waals surface area contributed by atoms with E-state index in [0.29, 0.717) is 0 Å². The van der Waals surface area contributed by atoms with Crippen molar-refractivity contribution >= 4 is 11.8 Å². The molecule has 6 heteroatoms. The van der Waals surface area contributed by atoms with E-state index in [-0.39, 0.29) is 0 Å². The zero-order chi connectivity index (χ0) is 15.4. The lowest BCUT2D eigenvalue weighted by Gasteiger charge is -2.09. The lowest BCUT2D eigenvalue weighted by Crippen LogP contribution is -2.03. The van der Waals surface area contributed by atoms with Crippen molar-refractivity contribution in [3.63, 3.8) is 0 Å². The Morgan fingerprint density at radius 3 is 2.73 bits per heavy atom. The number of aromatic nitrogens is 5. The van der Waals surface area contributed by atoms with Gasteiger partial charge in [0.2, 0.25) is 5.16 Å². The van der Waals surface area contributed by atoms with Crippen molar-refractivity contribution in [1.29, 1.82) is 0 Å². The van der Waals surface area contributed by atoms with E-state index >= 15 is 0 Å². The molecule has 0 aliphatic rings. The van der Waals surface area contributed by atoms with Crippen molar-refractivity contribution < 1.29 is 0 Å². The van der Waals surface area contributed by atoms with Gasteiger partial charge >= 0.3 is 0 Å². The van der Waals surface area contributed by atoms with Crippen LogP contribution in [0.2, 0.25) is 0 Å². The molecule has 0 aliphatic heterocycles. The highest BCUT2D eigenvalue weighted by atomic mass is 32.2. The summed E-state index contributed by atoms with van der Waals surface area (Å²) in [7, 11) is 0. The summed E-state index contributed by atoms with van der Waals surface area (Å²) in [6, 6.07) is 10.2. The highest BCUT2D eigenvalue weighted by molar-refractivity contribution is 7.99. The van der Waals surface area contributed by atoms with Gasteiger partial charge in [-0.05, 0) is 65.6 Å². The van der Waals surface area contributed by atoms with Gasteiger partial charge in [0.05, 0.1) is 5.69 Å². The minimum atomic E-state index is 0.822. The summed E-state index contributed by atoms with van der Waals surface area (Å²) in [6.07, 6.45) is 4.60. The average molecular weight is 311 g/mol. The van der Waals surface area contributed by atoms with Crippen LogP contribution in [-0.4, -0.2) is 30.9 Å². The van der Waals surface area contributed by atoms with Crippen LogP contribution in [0.4, 0.5) is 0 Å². The van der Waals surface area contributed by atoms with Gasteiger partial charge in [0.25, 0.3) is 0 Å². The summed E-state index contributed by atoms with van der Waals surface area (Å²) in [5.41, 5.74) is 4.75. The third kappa shape index (κ3) is 3.17. The van der Waals surface area contributed by atoms with E-state index in [9.17, 15) is 0 Å². The number of aryl methyl sites for hydroxylation is 2. The van der Waals surface area contributed by atoms with Gasteiger partial charge in [-0.1, -0.05) is 23.9 Å². The van der Waals surface area contributed by atoms with Crippen LogP contribution in [0.15, 0.2) is 47.9 Å². The third-order valence-corrected chi connectivity index (χ3v) is 4.54. The smallest absolute Gasteiger partial charge is 0.214 e. The maximum atomic E-state index is 4.15. The minimum Gasteiger partial charge on any atom is -0.265 e. The van der Waals surface area contributed by atoms with Crippen LogP contribution in [0, 0.1) is 13.8 Å². The van der Waals surface area contributed by atoms with Crippen LogP contribution >= 0.6 is 11.8 Å². The summed E-state index contributed by atoms with van der Waals surface area (Å²) in [5, 5.41) is 12.9. The predicted octanol–water partition coefficient (Wildman–Crippen LogP) is 3.01. The topological polar surface area (TPSA) is 56.5 Å². The van der Waals surface area contributed by atoms with Gasteiger partial charge in [-0.3, -0.25) is 4.98 Å². The van der Waals surface area contributed by atoms with Gasteiger partial charge < -0.3 is 0 Å². The molecule has 1 aromatic carbocycles. The number of pyridine rings is 1. The fourth-order valence-electron chi connectivity index (χ4n) is 2.19. The van der Waals surface area contributed by atoms with Crippen molar-refractivity contribution in [3.05, 3.63) is 59.4 Å². The first-order valence-corrected chi connectivity index (χ1v) is 8.11. The lowest BCUT2D eigenvalue weighted by molar-refractivity contribution is 0.751. The Balaban J connectivity index is 1.74. The second-order valence-electron chi connectivity index (χ2n) is 5.05. The van der Waals surface area contributed by atoms with Gasteiger partial charge in [-0.25, -0.2) is 0 Å². The molecule has 0 radical (unpaired) electrons. The van der Waals surface area contributed by atoms with Gasteiger partial charge in [-0.2, -0.15) is 4.68 Å². The standard InChI is InChI=1S/C16H17N5S/c1-12-4-3-5-15(13(12)2)21-16(18-19-20-21)22-11-8-14-6-9-17-10-7-14/h3-7,9-10H,8,11H2,1-2H3. The Labute approximate surface area is 133 Å². The largest absolute Gasteiger partial charge is 0.265 e. The first-order chi connectivity index (χ1) is 10.8. The van der Waals surface area contributed by atoms with E-state index in [1.54, 1.807) is 11.8 Å². The van der Waals surface area contributed by atoms with E-state index in [1.165, 1.54) is 16.7 Å². The average Bonchev–Trinajstić information content (AvgIpc) is 2.99. The molecule has 0 spiro atoms. The quantitative estimate of drug-likeness (QED) is 0.678. The van der Waals surface area contributed by atoms with Crippen LogP contribution < -0.4 is 0 Å². The first kappa shape index (κ1) is 14.7. The number of tetrazole rings is 1. The van der Waals surface area contributed by atoms with Gasteiger partial charge in [0, 0.05) is 18.1 Å². The molecule has 0 saturated carbocycles. The molecule has 0 atom stereocenters. The van der Waals surface area contributed by atoms with Crippen molar-refractivity contribution in [3.8, 4) is 5.69 Å². The Hall–Kier alpha value is -2.21. The molecule has 0 fully saturated rings. The van der Waals surface area contributed by atoms with E-state index in [0.717, 1.165) is 23.0 Å². The Morgan fingerprint density at radius 1 is 1.09 bits per heavy atom. The summed E-state index contributed by atoms with van der Waals surface area (Å²) in [6.45, 7) is 4.19. The molecule has 5 nitrogen and oxygen atoms in total. The molecule has 0 aliphatic carbocycles.